The molecule has 0 saturated carbocycles. The minimum absolute atomic E-state index is 0.0911. The number of carbonyl (C=O) groups excluding carboxylic acids is 1. The number of aliphatic hydroxyl groups is 1. The van der Waals surface area contributed by atoms with Crippen LogP contribution in [0.5, 0.6) is 0 Å². The highest BCUT2D eigenvalue weighted by molar-refractivity contribution is 7.17. The van der Waals surface area contributed by atoms with Crippen LogP contribution >= 0.6 is 11.3 Å². The Balaban J connectivity index is 1.78. The maximum Gasteiger partial charge on any atom is 0.173 e. The molecule has 3 aromatic rings. The molecule has 0 fully saturated rings. The van der Waals surface area contributed by atoms with Gasteiger partial charge in [0.15, 0.2) is 5.78 Å². The highest BCUT2D eigenvalue weighted by Gasteiger charge is 2.10. The van der Waals surface area contributed by atoms with Gasteiger partial charge in [-0.2, -0.15) is 0 Å². The molecule has 1 unspecified atom stereocenters. The molecule has 0 bridgehead atoms. The quantitative estimate of drug-likeness (QED) is 0.405. The maximum atomic E-state index is 12.1. The molecule has 2 aromatic carbocycles. The van der Waals surface area contributed by atoms with Gasteiger partial charge in [-0.25, -0.2) is 0 Å². The summed E-state index contributed by atoms with van der Waals surface area (Å²) in [5, 5.41) is 13.1. The Morgan fingerprint density at radius 2 is 1.89 bits per heavy atom. The fraction of sp³-hybridized carbons (Fsp3) is 0.174. The number of Topliss-reactive ketones (excluding diaryl/α,β-unsaturated/α-hetero) is 1. The average molecular weight is 375 g/mol. The van der Waals surface area contributed by atoms with E-state index < -0.39 is 6.10 Å². The molecule has 0 radical (unpaired) electrons. The number of terminal acetylenes is 1. The van der Waals surface area contributed by atoms with Crippen molar-refractivity contribution in [3.63, 3.8) is 0 Å². The van der Waals surface area contributed by atoms with Crippen LogP contribution in [-0.2, 0) is 0 Å². The van der Waals surface area contributed by atoms with E-state index in [0.717, 1.165) is 32.3 Å². The molecule has 0 aliphatic rings. The van der Waals surface area contributed by atoms with Crippen molar-refractivity contribution in [2.24, 2.45) is 0 Å². The van der Waals surface area contributed by atoms with Crippen LogP contribution in [0.15, 0.2) is 60.7 Å². The predicted molar refractivity (Wildman–Crippen MR) is 113 cm³/mol. The van der Waals surface area contributed by atoms with Crippen LogP contribution in [0.25, 0.3) is 10.4 Å². The fourth-order valence-corrected chi connectivity index (χ4v) is 3.71. The summed E-state index contributed by atoms with van der Waals surface area (Å²) in [5.74, 6) is 2.60. The summed E-state index contributed by atoms with van der Waals surface area (Å²) in [6.45, 7) is 1.75. The van der Waals surface area contributed by atoms with Crippen LogP contribution in [0, 0.1) is 12.3 Å². The number of benzene rings is 2. The molecule has 2 N–H and O–H groups in total. The molecular weight excluding hydrogens is 354 g/mol. The van der Waals surface area contributed by atoms with Gasteiger partial charge in [0, 0.05) is 29.1 Å². The van der Waals surface area contributed by atoms with E-state index in [4.69, 9.17) is 6.42 Å². The summed E-state index contributed by atoms with van der Waals surface area (Å²) in [5.41, 5.74) is 3.78. The van der Waals surface area contributed by atoms with Crippen molar-refractivity contribution in [2.45, 2.75) is 25.9 Å². The first-order valence-electron chi connectivity index (χ1n) is 8.79. The molecule has 0 spiro atoms. The van der Waals surface area contributed by atoms with E-state index >= 15 is 0 Å². The maximum absolute atomic E-state index is 12.1. The van der Waals surface area contributed by atoms with Gasteiger partial charge in [-0.3, -0.25) is 4.79 Å². The monoisotopic (exact) mass is 375 g/mol. The number of hydrogen-bond donors (Lipinski definition) is 2. The zero-order valence-electron chi connectivity index (χ0n) is 15.1. The van der Waals surface area contributed by atoms with Crippen molar-refractivity contribution < 1.29 is 9.90 Å². The van der Waals surface area contributed by atoms with Gasteiger partial charge in [0.05, 0.1) is 11.0 Å². The third-order valence-corrected chi connectivity index (χ3v) is 5.36. The molecule has 4 heteroatoms. The molecule has 0 saturated heterocycles. The molecule has 0 aliphatic carbocycles. The molecule has 3 rings (SSSR count). The summed E-state index contributed by atoms with van der Waals surface area (Å²) in [6.07, 6.45) is 5.59. The van der Waals surface area contributed by atoms with Gasteiger partial charge in [0.25, 0.3) is 0 Å². The van der Waals surface area contributed by atoms with Crippen molar-refractivity contribution in [3.05, 3.63) is 71.1 Å². The van der Waals surface area contributed by atoms with E-state index in [-0.39, 0.29) is 5.78 Å². The molecule has 0 amide bonds. The van der Waals surface area contributed by atoms with E-state index in [9.17, 15) is 9.90 Å². The lowest BCUT2D eigenvalue weighted by atomic mass is 10.1. The largest absolute Gasteiger partial charge is 0.389 e. The summed E-state index contributed by atoms with van der Waals surface area (Å²) in [7, 11) is 0. The van der Waals surface area contributed by atoms with Crippen LogP contribution in [0.1, 0.15) is 41.1 Å². The first kappa shape index (κ1) is 18.9. The summed E-state index contributed by atoms with van der Waals surface area (Å²) in [6, 6.07) is 19.6. The van der Waals surface area contributed by atoms with Crippen molar-refractivity contribution in [1.29, 1.82) is 0 Å². The van der Waals surface area contributed by atoms with Gasteiger partial charge in [-0.15, -0.1) is 23.7 Å². The molecule has 3 nitrogen and oxygen atoms in total. The van der Waals surface area contributed by atoms with Gasteiger partial charge in [-0.1, -0.05) is 24.3 Å². The second-order valence-electron chi connectivity index (χ2n) is 6.30. The highest BCUT2D eigenvalue weighted by atomic mass is 32.1. The normalized spacial score (nSPS) is 11.6. The van der Waals surface area contributed by atoms with E-state index in [2.05, 4.69) is 17.3 Å². The van der Waals surface area contributed by atoms with Crippen LogP contribution in [-0.4, -0.2) is 10.9 Å². The van der Waals surface area contributed by atoms with E-state index in [1.165, 1.54) is 11.3 Å². The third kappa shape index (κ3) is 4.85. The van der Waals surface area contributed by atoms with Gasteiger partial charge in [-0.05, 0) is 54.4 Å². The van der Waals surface area contributed by atoms with E-state index in [1.807, 2.05) is 54.6 Å². The molecule has 136 valence electrons. The zero-order chi connectivity index (χ0) is 19.2. The number of hydrogen-bond acceptors (Lipinski definition) is 4. The van der Waals surface area contributed by atoms with Crippen LogP contribution in [0.3, 0.4) is 0 Å². The Hall–Kier alpha value is -2.87. The van der Waals surface area contributed by atoms with E-state index in [0.29, 0.717) is 12.8 Å². The summed E-state index contributed by atoms with van der Waals surface area (Å²) >= 11 is 1.49. The number of anilines is 2. The Labute approximate surface area is 163 Å². The fourth-order valence-electron chi connectivity index (χ4n) is 2.74. The molecule has 0 aliphatic heterocycles. The zero-order valence-corrected chi connectivity index (χ0v) is 15.9. The van der Waals surface area contributed by atoms with Crippen LogP contribution in [0.2, 0.25) is 0 Å². The number of rotatable bonds is 7. The van der Waals surface area contributed by atoms with Crippen LogP contribution in [0.4, 0.5) is 11.4 Å². The van der Waals surface area contributed by atoms with Gasteiger partial charge >= 0.3 is 0 Å². The molecule has 1 atom stereocenters. The Bertz CT molecular complexity index is 982. The first-order chi connectivity index (χ1) is 13.1. The van der Waals surface area contributed by atoms with Crippen molar-refractivity contribution in [3.8, 4) is 22.8 Å². The van der Waals surface area contributed by atoms with Gasteiger partial charge < -0.3 is 10.4 Å². The minimum Gasteiger partial charge on any atom is -0.389 e. The van der Waals surface area contributed by atoms with Crippen molar-refractivity contribution in [1.82, 2.24) is 0 Å². The highest BCUT2D eigenvalue weighted by Crippen LogP contribution is 2.31. The Morgan fingerprint density at radius 3 is 2.63 bits per heavy atom. The van der Waals surface area contributed by atoms with E-state index in [1.54, 1.807) is 6.92 Å². The summed E-state index contributed by atoms with van der Waals surface area (Å²) < 4.78 is 0. The van der Waals surface area contributed by atoms with Gasteiger partial charge in [0.2, 0.25) is 0 Å². The molecular formula is C23H21NO2S. The predicted octanol–water partition coefficient (Wildman–Crippen LogP) is 5.81. The standard InChI is InChI=1S/C23H21NO2S/c1-3-4-11-21(26)23-13-12-22(27-23)18-8-6-10-20(15-18)24-19-9-5-7-17(14-19)16(2)25/h1,5-10,12-16,24-25H,4,11H2,2H3. The second-order valence-corrected chi connectivity index (χ2v) is 7.38. The number of nitrogens with one attached hydrogen (secondary N) is 1. The van der Waals surface area contributed by atoms with Crippen molar-refractivity contribution >= 4 is 28.5 Å². The number of thiophene rings is 1. The number of carbonyl (C=O) groups is 1. The number of ketones is 1. The Kier molecular flexibility index (Phi) is 6.08. The first-order valence-corrected chi connectivity index (χ1v) is 9.60. The SMILES string of the molecule is C#CCCC(=O)c1ccc(-c2cccc(Nc3cccc(C(C)O)c3)c2)s1. The number of aliphatic hydroxyl groups excluding tert-OH is 1. The molecule has 1 heterocycles. The lowest BCUT2D eigenvalue weighted by Crippen LogP contribution is -1.94. The summed E-state index contributed by atoms with van der Waals surface area (Å²) in [4.78, 5) is 13.9. The second kappa shape index (κ2) is 8.68. The average Bonchev–Trinajstić information content (AvgIpc) is 3.17. The lowest BCUT2D eigenvalue weighted by Gasteiger charge is -2.11. The minimum atomic E-state index is -0.505. The molecule has 1 aromatic heterocycles. The smallest absolute Gasteiger partial charge is 0.173 e. The Morgan fingerprint density at radius 1 is 1.15 bits per heavy atom. The topological polar surface area (TPSA) is 49.3 Å². The van der Waals surface area contributed by atoms with Gasteiger partial charge in [0.1, 0.15) is 0 Å². The lowest BCUT2D eigenvalue weighted by molar-refractivity contribution is 0.0988. The molecule has 27 heavy (non-hydrogen) atoms. The third-order valence-electron chi connectivity index (χ3n) is 4.18. The van der Waals surface area contributed by atoms with Crippen molar-refractivity contribution in [2.75, 3.05) is 5.32 Å². The van der Waals surface area contributed by atoms with Crippen LogP contribution < -0.4 is 5.32 Å².